The Labute approximate surface area is 113 Å². The average Bonchev–Trinajstić information content (AvgIpc) is 2.61. The van der Waals surface area contributed by atoms with Crippen molar-refractivity contribution in [1.82, 2.24) is 15.2 Å². The summed E-state index contributed by atoms with van der Waals surface area (Å²) in [6, 6.07) is 3.91. The first-order valence-electron chi connectivity index (χ1n) is 6.84. The van der Waals surface area contributed by atoms with E-state index in [1.807, 2.05) is 17.0 Å². The molecule has 0 aromatic carbocycles. The smallest absolute Gasteiger partial charge is 0.228 e. The average molecular weight is 261 g/mol. The minimum absolute atomic E-state index is 0.0191. The lowest BCUT2D eigenvalue weighted by atomic mass is 9.93. The van der Waals surface area contributed by atoms with Crippen molar-refractivity contribution in [1.29, 1.82) is 0 Å². The van der Waals surface area contributed by atoms with Crippen LogP contribution in [-0.2, 0) is 16.1 Å². The fraction of sp³-hybridized carbons (Fsp3) is 0.571. The number of piperidine rings is 1. The van der Waals surface area contributed by atoms with Crippen LogP contribution < -0.4 is 5.32 Å². The number of amides is 1. The zero-order chi connectivity index (χ0) is 13.1. The Kier molecular flexibility index (Phi) is 3.75. The molecule has 3 rings (SSSR count). The van der Waals surface area contributed by atoms with Crippen molar-refractivity contribution in [2.24, 2.45) is 5.92 Å². The molecule has 1 amide bonds. The van der Waals surface area contributed by atoms with Gasteiger partial charge in [0, 0.05) is 32.0 Å². The van der Waals surface area contributed by atoms with Crippen LogP contribution in [0.2, 0.25) is 0 Å². The van der Waals surface area contributed by atoms with Gasteiger partial charge in [-0.2, -0.15) is 0 Å². The minimum atomic E-state index is 0.0191. The highest BCUT2D eigenvalue weighted by Gasteiger charge is 2.36. The first-order valence-corrected chi connectivity index (χ1v) is 6.84. The van der Waals surface area contributed by atoms with Gasteiger partial charge in [0.15, 0.2) is 0 Å². The van der Waals surface area contributed by atoms with E-state index in [0.717, 1.165) is 25.1 Å². The normalized spacial score (nSPS) is 27.8. The van der Waals surface area contributed by atoms with E-state index < -0.39 is 0 Å². The lowest BCUT2D eigenvalue weighted by molar-refractivity contribution is -0.138. The maximum absolute atomic E-state index is 12.6. The Hall–Kier alpha value is -1.46. The summed E-state index contributed by atoms with van der Waals surface area (Å²) in [5, 5.41) is 3.29. The second-order valence-corrected chi connectivity index (χ2v) is 5.12. The summed E-state index contributed by atoms with van der Waals surface area (Å²) in [5.41, 5.74) is 1.12. The van der Waals surface area contributed by atoms with Crippen LogP contribution in [0.3, 0.4) is 0 Å². The summed E-state index contributed by atoms with van der Waals surface area (Å²) in [7, 11) is 0. The minimum Gasteiger partial charge on any atom is -0.374 e. The molecule has 0 unspecified atom stereocenters. The van der Waals surface area contributed by atoms with Crippen molar-refractivity contribution in [3.8, 4) is 0 Å². The topological polar surface area (TPSA) is 54.5 Å². The highest BCUT2D eigenvalue weighted by Crippen LogP contribution is 2.22. The Bertz CT molecular complexity index is 438. The van der Waals surface area contributed by atoms with E-state index in [1.165, 1.54) is 0 Å². The molecule has 19 heavy (non-hydrogen) atoms. The summed E-state index contributed by atoms with van der Waals surface area (Å²) < 4.78 is 5.81. The molecule has 2 aliphatic rings. The van der Waals surface area contributed by atoms with Gasteiger partial charge in [-0.25, -0.2) is 0 Å². The van der Waals surface area contributed by atoms with Gasteiger partial charge in [0.05, 0.1) is 18.6 Å². The predicted molar refractivity (Wildman–Crippen MR) is 70.4 cm³/mol. The van der Waals surface area contributed by atoms with Crippen LogP contribution in [0, 0.1) is 5.92 Å². The number of carbonyl (C=O) groups is 1. The number of fused-ring (bicyclic) bond motifs is 1. The van der Waals surface area contributed by atoms with Crippen molar-refractivity contribution in [2.75, 3.05) is 26.2 Å². The molecule has 0 saturated carbocycles. The number of nitrogens with one attached hydrogen (secondary N) is 1. The largest absolute Gasteiger partial charge is 0.374 e. The summed E-state index contributed by atoms with van der Waals surface area (Å²) in [6.07, 6.45) is 4.45. The van der Waals surface area contributed by atoms with E-state index in [9.17, 15) is 4.79 Å². The third kappa shape index (κ3) is 2.77. The molecule has 2 saturated heterocycles. The maximum atomic E-state index is 12.6. The zero-order valence-electron chi connectivity index (χ0n) is 10.9. The number of ether oxygens (including phenoxy) is 1. The van der Waals surface area contributed by atoms with E-state index in [4.69, 9.17) is 4.74 Å². The first-order chi connectivity index (χ1) is 9.34. The molecule has 1 aromatic heterocycles. The Morgan fingerprint density at radius 2 is 2.26 bits per heavy atom. The first kappa shape index (κ1) is 12.6. The highest BCUT2D eigenvalue weighted by molar-refractivity contribution is 5.80. The molecule has 5 heteroatoms. The molecule has 1 aromatic rings. The van der Waals surface area contributed by atoms with Gasteiger partial charge in [-0.3, -0.25) is 9.78 Å². The monoisotopic (exact) mass is 261 g/mol. The molecule has 2 atom stereocenters. The van der Waals surface area contributed by atoms with Crippen LogP contribution >= 0.6 is 0 Å². The molecule has 2 fully saturated rings. The van der Waals surface area contributed by atoms with Crippen molar-refractivity contribution in [3.63, 3.8) is 0 Å². The molecule has 1 N–H and O–H groups in total. The third-order valence-electron chi connectivity index (χ3n) is 3.87. The van der Waals surface area contributed by atoms with Gasteiger partial charge < -0.3 is 15.0 Å². The van der Waals surface area contributed by atoms with Gasteiger partial charge in [-0.1, -0.05) is 0 Å². The summed E-state index contributed by atoms with van der Waals surface area (Å²) in [6.45, 7) is 3.65. The van der Waals surface area contributed by atoms with Crippen LogP contribution in [0.5, 0.6) is 0 Å². The molecule has 0 bridgehead atoms. The summed E-state index contributed by atoms with van der Waals surface area (Å²) in [4.78, 5) is 18.5. The molecular weight excluding hydrogens is 242 g/mol. The Balaban J connectivity index is 1.73. The van der Waals surface area contributed by atoms with Gasteiger partial charge in [0.2, 0.25) is 5.91 Å². The number of pyridine rings is 1. The van der Waals surface area contributed by atoms with Crippen molar-refractivity contribution >= 4 is 5.91 Å². The molecule has 3 heterocycles. The molecule has 0 radical (unpaired) electrons. The molecule has 102 valence electrons. The highest BCUT2D eigenvalue weighted by atomic mass is 16.5. The van der Waals surface area contributed by atoms with E-state index >= 15 is 0 Å². The molecule has 2 aliphatic heterocycles. The van der Waals surface area contributed by atoms with Crippen LogP contribution in [0.1, 0.15) is 12.0 Å². The fourth-order valence-electron chi connectivity index (χ4n) is 2.81. The SMILES string of the molecule is O=C1[C@@H]2CCNC[C@@H]2OCCN1Cc1ccncc1. The number of aromatic nitrogens is 1. The molecule has 0 spiro atoms. The van der Waals surface area contributed by atoms with Gasteiger partial charge in [0.25, 0.3) is 0 Å². The maximum Gasteiger partial charge on any atom is 0.228 e. The second-order valence-electron chi connectivity index (χ2n) is 5.12. The van der Waals surface area contributed by atoms with E-state index in [1.54, 1.807) is 12.4 Å². The zero-order valence-corrected chi connectivity index (χ0v) is 10.9. The van der Waals surface area contributed by atoms with Crippen LogP contribution in [-0.4, -0.2) is 48.1 Å². The van der Waals surface area contributed by atoms with E-state index in [-0.39, 0.29) is 17.9 Å². The number of carbonyl (C=O) groups excluding carboxylic acids is 1. The van der Waals surface area contributed by atoms with Gasteiger partial charge in [0.1, 0.15) is 0 Å². The third-order valence-corrected chi connectivity index (χ3v) is 3.87. The molecule has 5 nitrogen and oxygen atoms in total. The van der Waals surface area contributed by atoms with Crippen molar-refractivity contribution in [3.05, 3.63) is 30.1 Å². The van der Waals surface area contributed by atoms with E-state index in [0.29, 0.717) is 19.7 Å². The van der Waals surface area contributed by atoms with Gasteiger partial charge >= 0.3 is 0 Å². The van der Waals surface area contributed by atoms with E-state index in [2.05, 4.69) is 10.3 Å². The van der Waals surface area contributed by atoms with Gasteiger partial charge in [-0.05, 0) is 30.7 Å². The summed E-state index contributed by atoms with van der Waals surface area (Å²) in [5.74, 6) is 0.256. The van der Waals surface area contributed by atoms with Crippen molar-refractivity contribution < 1.29 is 9.53 Å². The van der Waals surface area contributed by atoms with Crippen LogP contribution in [0.25, 0.3) is 0 Å². The number of hydrogen-bond donors (Lipinski definition) is 1. The second kappa shape index (κ2) is 5.67. The standard InChI is InChI=1S/C14H19N3O2/c18-14-12-3-6-16-9-13(12)19-8-7-17(14)10-11-1-4-15-5-2-11/h1-2,4-5,12-13,16H,3,6-10H2/t12-,13+/m1/s1. The molecule has 0 aliphatic carbocycles. The quantitative estimate of drug-likeness (QED) is 0.838. The Morgan fingerprint density at radius 3 is 3.11 bits per heavy atom. The van der Waals surface area contributed by atoms with Crippen LogP contribution in [0.15, 0.2) is 24.5 Å². The van der Waals surface area contributed by atoms with Crippen molar-refractivity contribution in [2.45, 2.75) is 19.1 Å². The number of hydrogen-bond acceptors (Lipinski definition) is 4. The lowest BCUT2D eigenvalue weighted by Crippen LogP contribution is -2.47. The van der Waals surface area contributed by atoms with Gasteiger partial charge in [-0.15, -0.1) is 0 Å². The summed E-state index contributed by atoms with van der Waals surface area (Å²) >= 11 is 0. The molecular formula is C14H19N3O2. The predicted octanol–water partition coefficient (Wildman–Crippen LogP) is 0.419. The number of nitrogens with zero attached hydrogens (tertiary/aromatic N) is 2. The Morgan fingerprint density at radius 1 is 1.42 bits per heavy atom. The van der Waals surface area contributed by atoms with Crippen LogP contribution in [0.4, 0.5) is 0 Å². The lowest BCUT2D eigenvalue weighted by Gasteiger charge is -2.30. The number of rotatable bonds is 2. The fourth-order valence-corrected chi connectivity index (χ4v) is 2.81.